The number of nitrogens with two attached hydrogens (primary N) is 1. The van der Waals surface area contributed by atoms with Gasteiger partial charge in [-0.3, -0.25) is 0 Å². The van der Waals surface area contributed by atoms with Gasteiger partial charge >= 0.3 is 0 Å². The first-order chi connectivity index (χ1) is 10.6. The van der Waals surface area contributed by atoms with Gasteiger partial charge in [0.15, 0.2) is 0 Å². The molecule has 0 fully saturated rings. The molecule has 2 nitrogen and oxygen atoms in total. The first-order valence-electron chi connectivity index (χ1n) is 7.63. The Kier molecular flexibility index (Phi) is 5.45. The Morgan fingerprint density at radius 1 is 1.09 bits per heavy atom. The van der Waals surface area contributed by atoms with Gasteiger partial charge in [-0.15, -0.1) is 12.4 Å². The minimum Gasteiger partial charge on any atom is -0.340 e. The highest BCUT2D eigenvalue weighted by molar-refractivity contribution is 5.86. The van der Waals surface area contributed by atoms with Gasteiger partial charge in [-0.05, 0) is 38.0 Å². The summed E-state index contributed by atoms with van der Waals surface area (Å²) in [5.41, 5.74) is 10.3. The molecular weight excluding hydrogens is 311 g/mol. The van der Waals surface area contributed by atoms with Gasteiger partial charge < -0.3 is 10.3 Å². The van der Waals surface area contributed by atoms with Crippen LogP contribution in [0.25, 0.3) is 10.9 Å². The molecule has 4 heteroatoms. The molecule has 1 atom stereocenters. The van der Waals surface area contributed by atoms with Crippen LogP contribution in [0.2, 0.25) is 0 Å². The normalized spacial score (nSPS) is 12.2. The van der Waals surface area contributed by atoms with Crippen LogP contribution in [-0.2, 0) is 13.0 Å². The van der Waals surface area contributed by atoms with E-state index >= 15 is 0 Å². The third-order valence-corrected chi connectivity index (χ3v) is 4.17. The van der Waals surface area contributed by atoms with E-state index in [1.54, 1.807) is 6.07 Å². The van der Waals surface area contributed by atoms with E-state index in [-0.39, 0.29) is 24.3 Å². The molecule has 0 bridgehead atoms. The fraction of sp³-hybridized carbons (Fsp3) is 0.263. The van der Waals surface area contributed by atoms with E-state index in [1.165, 1.54) is 22.7 Å². The standard InChI is InChI=1S/C19H21FN2.ClH/c1-13(21)11-17-14(2)22(19-10-6-4-8-16(17)19)12-15-7-3-5-9-18(15)20;/h3-10,13H,11-12,21H2,1-2H3;1H. The Balaban J connectivity index is 0.00000192. The van der Waals surface area contributed by atoms with Crippen molar-refractivity contribution in [3.05, 3.63) is 71.2 Å². The van der Waals surface area contributed by atoms with Crippen molar-refractivity contribution in [3.63, 3.8) is 0 Å². The van der Waals surface area contributed by atoms with Crippen molar-refractivity contribution in [1.29, 1.82) is 0 Å². The first-order valence-corrected chi connectivity index (χ1v) is 7.63. The average Bonchev–Trinajstić information content (AvgIpc) is 2.75. The van der Waals surface area contributed by atoms with Gasteiger partial charge in [0.25, 0.3) is 0 Å². The molecule has 0 saturated heterocycles. The summed E-state index contributed by atoms with van der Waals surface area (Å²) in [6.45, 7) is 4.65. The van der Waals surface area contributed by atoms with E-state index in [9.17, 15) is 4.39 Å². The summed E-state index contributed by atoms with van der Waals surface area (Å²) >= 11 is 0. The van der Waals surface area contributed by atoms with E-state index in [0.717, 1.165) is 11.9 Å². The second kappa shape index (κ2) is 7.16. The molecule has 0 amide bonds. The van der Waals surface area contributed by atoms with Crippen LogP contribution < -0.4 is 5.73 Å². The van der Waals surface area contributed by atoms with Crippen LogP contribution in [0.4, 0.5) is 4.39 Å². The zero-order chi connectivity index (χ0) is 15.7. The number of fused-ring (bicyclic) bond motifs is 1. The molecule has 3 aromatic rings. The Labute approximate surface area is 142 Å². The number of benzene rings is 2. The molecule has 0 spiro atoms. The first kappa shape index (κ1) is 17.5. The average molecular weight is 333 g/mol. The lowest BCUT2D eigenvalue weighted by Crippen LogP contribution is -2.18. The summed E-state index contributed by atoms with van der Waals surface area (Å²) in [5, 5.41) is 1.22. The number of aromatic nitrogens is 1. The molecule has 0 aliphatic carbocycles. The molecule has 0 aliphatic heterocycles. The summed E-state index contributed by atoms with van der Waals surface area (Å²) in [7, 11) is 0. The quantitative estimate of drug-likeness (QED) is 0.752. The van der Waals surface area contributed by atoms with E-state index in [1.807, 2.05) is 31.2 Å². The Bertz CT molecular complexity index is 808. The molecule has 3 rings (SSSR count). The molecule has 1 unspecified atom stereocenters. The van der Waals surface area contributed by atoms with Crippen LogP contribution in [0.3, 0.4) is 0 Å². The molecule has 0 saturated carbocycles. The molecular formula is C19H22ClFN2. The second-order valence-corrected chi connectivity index (χ2v) is 5.94. The van der Waals surface area contributed by atoms with Gasteiger partial charge in [-0.1, -0.05) is 36.4 Å². The van der Waals surface area contributed by atoms with Crippen LogP contribution in [0, 0.1) is 12.7 Å². The molecule has 122 valence electrons. The monoisotopic (exact) mass is 332 g/mol. The zero-order valence-electron chi connectivity index (χ0n) is 13.4. The highest BCUT2D eigenvalue weighted by Crippen LogP contribution is 2.28. The minimum absolute atomic E-state index is 0. The second-order valence-electron chi connectivity index (χ2n) is 5.94. The smallest absolute Gasteiger partial charge is 0.128 e. The van der Waals surface area contributed by atoms with Crippen molar-refractivity contribution in [2.45, 2.75) is 32.9 Å². The molecule has 1 aromatic heterocycles. The lowest BCUT2D eigenvalue weighted by atomic mass is 10.0. The van der Waals surface area contributed by atoms with E-state index in [0.29, 0.717) is 12.1 Å². The predicted octanol–water partition coefficient (Wildman–Crippen LogP) is 4.45. The van der Waals surface area contributed by atoms with Gasteiger partial charge in [-0.2, -0.15) is 0 Å². The molecule has 0 aliphatic rings. The molecule has 2 aromatic carbocycles. The fourth-order valence-electron chi connectivity index (χ4n) is 3.08. The Morgan fingerprint density at radius 2 is 1.74 bits per heavy atom. The number of hydrogen-bond acceptors (Lipinski definition) is 1. The van der Waals surface area contributed by atoms with Crippen molar-refractivity contribution >= 4 is 23.3 Å². The van der Waals surface area contributed by atoms with Crippen LogP contribution >= 0.6 is 12.4 Å². The van der Waals surface area contributed by atoms with Gasteiger partial charge in [-0.25, -0.2) is 4.39 Å². The van der Waals surface area contributed by atoms with Crippen LogP contribution in [0.15, 0.2) is 48.5 Å². The lowest BCUT2D eigenvalue weighted by molar-refractivity contribution is 0.600. The molecule has 1 heterocycles. The van der Waals surface area contributed by atoms with Crippen molar-refractivity contribution in [2.24, 2.45) is 5.73 Å². The van der Waals surface area contributed by atoms with Crippen molar-refractivity contribution in [3.8, 4) is 0 Å². The highest BCUT2D eigenvalue weighted by Gasteiger charge is 2.15. The van der Waals surface area contributed by atoms with Gasteiger partial charge in [0.05, 0.1) is 6.54 Å². The summed E-state index contributed by atoms with van der Waals surface area (Å²) in [6, 6.07) is 15.3. The van der Waals surface area contributed by atoms with Gasteiger partial charge in [0.2, 0.25) is 0 Å². The highest BCUT2D eigenvalue weighted by atomic mass is 35.5. The SMILES string of the molecule is Cc1c(CC(C)N)c2ccccc2n1Cc1ccccc1F.Cl. The van der Waals surface area contributed by atoms with Crippen molar-refractivity contribution in [2.75, 3.05) is 0 Å². The number of nitrogens with zero attached hydrogens (tertiary/aromatic N) is 1. The summed E-state index contributed by atoms with van der Waals surface area (Å²) in [6.07, 6.45) is 0.830. The van der Waals surface area contributed by atoms with E-state index in [4.69, 9.17) is 5.73 Å². The third kappa shape index (κ3) is 3.41. The van der Waals surface area contributed by atoms with Crippen molar-refractivity contribution in [1.82, 2.24) is 4.57 Å². The van der Waals surface area contributed by atoms with Gasteiger partial charge in [0.1, 0.15) is 5.82 Å². The van der Waals surface area contributed by atoms with Crippen LogP contribution in [0.1, 0.15) is 23.7 Å². The number of rotatable bonds is 4. The van der Waals surface area contributed by atoms with Gasteiger partial charge in [0, 0.05) is 28.2 Å². The molecule has 0 radical (unpaired) electrons. The Hall–Kier alpha value is -1.84. The zero-order valence-corrected chi connectivity index (χ0v) is 14.2. The van der Waals surface area contributed by atoms with E-state index in [2.05, 4.69) is 23.6 Å². The van der Waals surface area contributed by atoms with Crippen LogP contribution in [0.5, 0.6) is 0 Å². The fourth-order valence-corrected chi connectivity index (χ4v) is 3.08. The van der Waals surface area contributed by atoms with E-state index < -0.39 is 0 Å². The van der Waals surface area contributed by atoms with Crippen LogP contribution in [-0.4, -0.2) is 10.6 Å². The number of hydrogen-bond donors (Lipinski definition) is 1. The predicted molar refractivity (Wildman–Crippen MR) is 96.8 cm³/mol. The maximum Gasteiger partial charge on any atom is 0.128 e. The minimum atomic E-state index is -0.159. The summed E-state index contributed by atoms with van der Waals surface area (Å²) in [5.74, 6) is -0.159. The summed E-state index contributed by atoms with van der Waals surface area (Å²) < 4.78 is 16.2. The lowest BCUT2D eigenvalue weighted by Gasteiger charge is -2.10. The maximum atomic E-state index is 14.0. The number of halogens is 2. The maximum absolute atomic E-state index is 14.0. The number of para-hydroxylation sites is 1. The topological polar surface area (TPSA) is 30.9 Å². The largest absolute Gasteiger partial charge is 0.340 e. The Morgan fingerprint density at radius 3 is 2.43 bits per heavy atom. The summed E-state index contributed by atoms with van der Waals surface area (Å²) in [4.78, 5) is 0. The molecule has 2 N–H and O–H groups in total. The molecule has 23 heavy (non-hydrogen) atoms. The van der Waals surface area contributed by atoms with Crippen molar-refractivity contribution < 1.29 is 4.39 Å². The third-order valence-electron chi connectivity index (χ3n) is 4.17.